The number of fused-ring (bicyclic) bond motifs is 1. The largest absolute Gasteiger partial charge is 0.497 e. The van der Waals surface area contributed by atoms with Crippen molar-refractivity contribution in [3.05, 3.63) is 54.2 Å². The molecule has 0 fully saturated rings. The molecule has 1 atom stereocenters. The first-order chi connectivity index (χ1) is 11.5. The van der Waals surface area contributed by atoms with Gasteiger partial charge in [-0.1, -0.05) is 0 Å². The van der Waals surface area contributed by atoms with Gasteiger partial charge in [-0.3, -0.25) is 4.79 Å². The van der Waals surface area contributed by atoms with Gasteiger partial charge >= 0.3 is 0 Å². The molecule has 6 heteroatoms. The second kappa shape index (κ2) is 6.41. The Morgan fingerprint density at radius 2 is 2.17 bits per heavy atom. The van der Waals surface area contributed by atoms with Crippen molar-refractivity contribution in [1.82, 2.24) is 5.32 Å². The van der Waals surface area contributed by atoms with Gasteiger partial charge in [0.1, 0.15) is 22.7 Å². The molecule has 0 aliphatic rings. The molecule has 1 amide bonds. The van der Waals surface area contributed by atoms with Gasteiger partial charge in [-0.15, -0.1) is 0 Å². The van der Waals surface area contributed by atoms with E-state index in [4.69, 9.17) is 13.6 Å². The number of carbonyl (C=O) groups is 1. The maximum Gasteiger partial charge on any atom is 0.224 e. The van der Waals surface area contributed by atoms with Crippen molar-refractivity contribution >= 4 is 16.9 Å². The number of furan rings is 2. The minimum Gasteiger partial charge on any atom is -0.497 e. The molecule has 0 radical (unpaired) electrons. The van der Waals surface area contributed by atoms with Crippen molar-refractivity contribution in [3.8, 4) is 5.75 Å². The van der Waals surface area contributed by atoms with Crippen LogP contribution in [0.3, 0.4) is 0 Å². The van der Waals surface area contributed by atoms with Crippen LogP contribution in [0.15, 0.2) is 51.7 Å². The molecule has 2 aromatic heterocycles. The third-order valence-corrected chi connectivity index (χ3v) is 3.90. The third kappa shape index (κ3) is 3.28. The molecule has 1 aromatic carbocycles. The van der Waals surface area contributed by atoms with Crippen molar-refractivity contribution in [3.63, 3.8) is 0 Å². The predicted octanol–water partition coefficient (Wildman–Crippen LogP) is 2.60. The van der Waals surface area contributed by atoms with Gasteiger partial charge in [0.05, 0.1) is 32.6 Å². The van der Waals surface area contributed by atoms with E-state index in [1.54, 1.807) is 38.5 Å². The Bertz CT molecular complexity index is 832. The molecule has 0 bridgehead atoms. The zero-order valence-electron chi connectivity index (χ0n) is 13.5. The molecule has 3 aromatic rings. The monoisotopic (exact) mass is 329 g/mol. The molecule has 0 saturated heterocycles. The number of carbonyl (C=O) groups excluding carboxylic acids is 1. The summed E-state index contributed by atoms with van der Waals surface area (Å²) in [6.45, 7) is 1.65. The molecular formula is C18H19NO5. The fraction of sp³-hybridized carbons (Fsp3) is 0.278. The molecular weight excluding hydrogens is 310 g/mol. The molecule has 0 aliphatic heterocycles. The summed E-state index contributed by atoms with van der Waals surface area (Å²) in [7, 11) is 1.59. The second-order valence-corrected chi connectivity index (χ2v) is 5.83. The van der Waals surface area contributed by atoms with Crippen LogP contribution in [0.25, 0.3) is 11.0 Å². The van der Waals surface area contributed by atoms with E-state index in [-0.39, 0.29) is 18.9 Å². The second-order valence-electron chi connectivity index (χ2n) is 5.83. The first-order valence-corrected chi connectivity index (χ1v) is 7.57. The normalized spacial score (nSPS) is 13.6. The van der Waals surface area contributed by atoms with Crippen molar-refractivity contribution in [2.24, 2.45) is 0 Å². The number of hydrogen-bond donors (Lipinski definition) is 2. The zero-order valence-corrected chi connectivity index (χ0v) is 13.5. The van der Waals surface area contributed by atoms with E-state index in [1.165, 1.54) is 6.26 Å². The standard InChI is InChI=1S/C18H19NO5/c1-18(21,16-4-3-7-23-16)11-19-17(20)8-12-10-24-15-9-13(22-2)5-6-14(12)15/h3-7,9-10,21H,8,11H2,1-2H3,(H,19,20). The highest BCUT2D eigenvalue weighted by Crippen LogP contribution is 2.26. The number of rotatable bonds is 6. The number of amides is 1. The van der Waals surface area contributed by atoms with Gasteiger partial charge in [0, 0.05) is 17.0 Å². The van der Waals surface area contributed by atoms with Crippen LogP contribution in [0.4, 0.5) is 0 Å². The smallest absolute Gasteiger partial charge is 0.224 e. The molecule has 126 valence electrons. The van der Waals surface area contributed by atoms with Gasteiger partial charge in [0.15, 0.2) is 0 Å². The van der Waals surface area contributed by atoms with E-state index in [0.717, 1.165) is 10.9 Å². The Labute approximate surface area is 139 Å². The van der Waals surface area contributed by atoms with Crippen molar-refractivity contribution in [1.29, 1.82) is 0 Å². The molecule has 3 rings (SSSR count). The quantitative estimate of drug-likeness (QED) is 0.726. The minimum absolute atomic E-state index is 0.0585. The highest BCUT2D eigenvalue weighted by molar-refractivity contribution is 5.88. The van der Waals surface area contributed by atoms with Gasteiger partial charge in [-0.2, -0.15) is 0 Å². The summed E-state index contributed by atoms with van der Waals surface area (Å²) in [4.78, 5) is 12.2. The Morgan fingerprint density at radius 1 is 1.33 bits per heavy atom. The van der Waals surface area contributed by atoms with E-state index >= 15 is 0 Å². The van der Waals surface area contributed by atoms with Crippen molar-refractivity contribution < 1.29 is 23.5 Å². The Morgan fingerprint density at radius 3 is 2.88 bits per heavy atom. The van der Waals surface area contributed by atoms with Gasteiger partial charge < -0.3 is 24.0 Å². The van der Waals surface area contributed by atoms with Crippen LogP contribution in [-0.2, 0) is 16.8 Å². The maximum absolute atomic E-state index is 12.2. The van der Waals surface area contributed by atoms with Gasteiger partial charge in [0.25, 0.3) is 0 Å². The zero-order chi connectivity index (χ0) is 17.2. The number of nitrogens with one attached hydrogen (secondary N) is 1. The average molecular weight is 329 g/mol. The highest BCUT2D eigenvalue weighted by atomic mass is 16.5. The first kappa shape index (κ1) is 16.1. The van der Waals surface area contributed by atoms with Crippen LogP contribution >= 0.6 is 0 Å². The van der Waals surface area contributed by atoms with Crippen LogP contribution in [-0.4, -0.2) is 24.7 Å². The summed E-state index contributed by atoms with van der Waals surface area (Å²) in [5.41, 5.74) is 0.188. The minimum atomic E-state index is -1.26. The molecule has 2 heterocycles. The molecule has 1 unspecified atom stereocenters. The van der Waals surface area contributed by atoms with Crippen LogP contribution in [0.5, 0.6) is 5.75 Å². The van der Waals surface area contributed by atoms with Crippen molar-refractivity contribution in [2.75, 3.05) is 13.7 Å². The lowest BCUT2D eigenvalue weighted by Crippen LogP contribution is -2.39. The van der Waals surface area contributed by atoms with E-state index in [2.05, 4.69) is 5.32 Å². The fourth-order valence-electron chi connectivity index (χ4n) is 2.51. The van der Waals surface area contributed by atoms with Crippen LogP contribution < -0.4 is 10.1 Å². The summed E-state index contributed by atoms with van der Waals surface area (Å²) in [6.07, 6.45) is 3.21. The predicted molar refractivity (Wildman–Crippen MR) is 87.8 cm³/mol. The Balaban J connectivity index is 1.65. The number of benzene rings is 1. The lowest BCUT2D eigenvalue weighted by Gasteiger charge is -2.21. The summed E-state index contributed by atoms with van der Waals surface area (Å²) in [5, 5.41) is 13.9. The molecule has 2 N–H and O–H groups in total. The Kier molecular flexibility index (Phi) is 4.31. The topological polar surface area (TPSA) is 84.8 Å². The molecule has 24 heavy (non-hydrogen) atoms. The maximum atomic E-state index is 12.2. The van der Waals surface area contributed by atoms with Gasteiger partial charge in [-0.25, -0.2) is 0 Å². The molecule has 0 spiro atoms. The summed E-state index contributed by atoms with van der Waals surface area (Å²) in [5.74, 6) is 0.895. The lowest BCUT2D eigenvalue weighted by atomic mass is 10.0. The number of ether oxygens (including phenoxy) is 1. The first-order valence-electron chi connectivity index (χ1n) is 7.57. The van der Waals surface area contributed by atoms with Crippen LogP contribution in [0.1, 0.15) is 18.2 Å². The Hall–Kier alpha value is -2.73. The molecule has 0 saturated carbocycles. The highest BCUT2D eigenvalue weighted by Gasteiger charge is 2.26. The van der Waals surface area contributed by atoms with E-state index in [0.29, 0.717) is 17.1 Å². The van der Waals surface area contributed by atoms with Crippen LogP contribution in [0.2, 0.25) is 0 Å². The summed E-state index contributed by atoms with van der Waals surface area (Å²) in [6, 6.07) is 8.82. The lowest BCUT2D eigenvalue weighted by molar-refractivity contribution is -0.121. The SMILES string of the molecule is COc1ccc2c(CC(=O)NCC(C)(O)c3ccco3)coc2c1. The van der Waals surface area contributed by atoms with E-state index in [1.807, 2.05) is 12.1 Å². The van der Waals surface area contributed by atoms with Crippen molar-refractivity contribution in [2.45, 2.75) is 18.9 Å². The van der Waals surface area contributed by atoms with E-state index < -0.39 is 5.60 Å². The molecule has 0 aliphatic carbocycles. The molecule has 6 nitrogen and oxygen atoms in total. The fourth-order valence-corrected chi connectivity index (χ4v) is 2.51. The average Bonchev–Trinajstić information content (AvgIpc) is 3.23. The van der Waals surface area contributed by atoms with Gasteiger partial charge in [0.2, 0.25) is 5.91 Å². The van der Waals surface area contributed by atoms with E-state index in [9.17, 15) is 9.90 Å². The number of hydrogen-bond acceptors (Lipinski definition) is 5. The number of aliphatic hydroxyl groups is 1. The van der Waals surface area contributed by atoms with Crippen LogP contribution in [0, 0.1) is 0 Å². The third-order valence-electron chi connectivity index (χ3n) is 3.90. The van der Waals surface area contributed by atoms with Gasteiger partial charge in [-0.05, 0) is 31.2 Å². The number of methoxy groups -OCH3 is 1. The summed E-state index contributed by atoms with van der Waals surface area (Å²) < 4.78 is 15.8. The summed E-state index contributed by atoms with van der Waals surface area (Å²) >= 11 is 0.